The third-order valence-electron chi connectivity index (χ3n) is 2.58. The molecule has 0 aliphatic carbocycles. The lowest BCUT2D eigenvalue weighted by Crippen LogP contribution is -2.35. The molecule has 20 heavy (non-hydrogen) atoms. The Labute approximate surface area is 127 Å². The Hall–Kier alpha value is -1.33. The van der Waals surface area contributed by atoms with Crippen LogP contribution in [0.3, 0.4) is 0 Å². The van der Waals surface area contributed by atoms with Gasteiger partial charge < -0.3 is 14.6 Å². The molecule has 1 heterocycles. The summed E-state index contributed by atoms with van der Waals surface area (Å²) in [6.45, 7) is 7.40. The summed E-state index contributed by atoms with van der Waals surface area (Å²) in [5.74, 6) is 1.51. The molecule has 0 aliphatic heterocycles. The smallest absolute Gasteiger partial charge is 0.174 e. The van der Waals surface area contributed by atoms with Crippen molar-refractivity contribution in [1.82, 2.24) is 10.5 Å². The van der Waals surface area contributed by atoms with Crippen molar-refractivity contribution in [2.75, 3.05) is 0 Å². The van der Waals surface area contributed by atoms with E-state index in [9.17, 15) is 0 Å². The second-order valence-electron chi connectivity index (χ2n) is 5.63. The molecule has 0 bridgehead atoms. The molecule has 2 aromatic rings. The standard InChI is InChI=1S/C15H19BrN2O2/c1-15(2,3)17-9-12-8-14(20-18-12)10-19-13-6-4-5-11(16)7-13/h4-8,17H,9-10H2,1-3H3. The zero-order chi connectivity index (χ0) is 14.6. The number of benzene rings is 1. The molecule has 0 unspecified atom stereocenters. The molecule has 0 fully saturated rings. The van der Waals surface area contributed by atoms with E-state index in [1.54, 1.807) is 0 Å². The Morgan fingerprint density at radius 1 is 1.30 bits per heavy atom. The number of rotatable bonds is 5. The molecule has 0 saturated heterocycles. The first-order chi connectivity index (χ1) is 9.42. The van der Waals surface area contributed by atoms with E-state index in [1.165, 1.54) is 0 Å². The van der Waals surface area contributed by atoms with Gasteiger partial charge in [0, 0.05) is 22.6 Å². The predicted molar refractivity (Wildman–Crippen MR) is 81.6 cm³/mol. The first kappa shape index (κ1) is 15.1. The summed E-state index contributed by atoms with van der Waals surface area (Å²) in [6, 6.07) is 9.62. The van der Waals surface area contributed by atoms with Crippen LogP contribution in [0.15, 0.2) is 39.3 Å². The van der Waals surface area contributed by atoms with Crippen molar-refractivity contribution >= 4 is 15.9 Å². The van der Waals surface area contributed by atoms with Gasteiger partial charge in [-0.1, -0.05) is 27.2 Å². The maximum absolute atomic E-state index is 5.65. The van der Waals surface area contributed by atoms with Crippen LogP contribution in [0.4, 0.5) is 0 Å². The Kier molecular flexibility index (Phi) is 4.83. The minimum Gasteiger partial charge on any atom is -0.486 e. The van der Waals surface area contributed by atoms with Gasteiger partial charge in [-0.3, -0.25) is 0 Å². The van der Waals surface area contributed by atoms with Crippen LogP contribution in [0.5, 0.6) is 5.75 Å². The van der Waals surface area contributed by atoms with Gasteiger partial charge in [0.1, 0.15) is 12.4 Å². The highest BCUT2D eigenvalue weighted by atomic mass is 79.9. The normalized spacial score (nSPS) is 11.6. The van der Waals surface area contributed by atoms with Gasteiger partial charge in [-0.05, 0) is 39.0 Å². The van der Waals surface area contributed by atoms with E-state index in [0.29, 0.717) is 13.2 Å². The summed E-state index contributed by atoms with van der Waals surface area (Å²) in [5.41, 5.74) is 0.944. The summed E-state index contributed by atoms with van der Waals surface area (Å²) in [7, 11) is 0. The van der Waals surface area contributed by atoms with E-state index in [-0.39, 0.29) is 5.54 Å². The van der Waals surface area contributed by atoms with E-state index in [4.69, 9.17) is 9.26 Å². The van der Waals surface area contributed by atoms with Gasteiger partial charge in [-0.15, -0.1) is 0 Å². The molecule has 0 radical (unpaired) electrons. The summed E-state index contributed by atoms with van der Waals surface area (Å²) in [5, 5.41) is 7.39. The summed E-state index contributed by atoms with van der Waals surface area (Å²) < 4.78 is 11.9. The van der Waals surface area contributed by atoms with Crippen molar-refractivity contribution in [2.24, 2.45) is 0 Å². The van der Waals surface area contributed by atoms with Gasteiger partial charge in [0.15, 0.2) is 5.76 Å². The van der Waals surface area contributed by atoms with Crippen molar-refractivity contribution in [1.29, 1.82) is 0 Å². The quantitative estimate of drug-likeness (QED) is 0.897. The van der Waals surface area contributed by atoms with Crippen molar-refractivity contribution < 1.29 is 9.26 Å². The van der Waals surface area contributed by atoms with Gasteiger partial charge in [-0.25, -0.2) is 0 Å². The van der Waals surface area contributed by atoms with Crippen LogP contribution in [0.1, 0.15) is 32.2 Å². The maximum atomic E-state index is 5.65. The third kappa shape index (κ3) is 4.98. The molecule has 108 valence electrons. The van der Waals surface area contributed by atoms with Crippen LogP contribution >= 0.6 is 15.9 Å². The average molecular weight is 339 g/mol. The molecular weight excluding hydrogens is 320 g/mol. The van der Waals surface area contributed by atoms with Crippen molar-refractivity contribution in [3.63, 3.8) is 0 Å². The number of halogens is 1. The molecule has 1 N–H and O–H groups in total. The van der Waals surface area contributed by atoms with Crippen molar-refractivity contribution in [3.05, 3.63) is 46.3 Å². The highest BCUT2D eigenvalue weighted by Gasteiger charge is 2.11. The zero-order valence-corrected chi connectivity index (χ0v) is 13.5. The fourth-order valence-electron chi connectivity index (χ4n) is 1.57. The zero-order valence-electron chi connectivity index (χ0n) is 11.9. The summed E-state index contributed by atoms with van der Waals surface area (Å²) >= 11 is 3.41. The van der Waals surface area contributed by atoms with E-state index in [2.05, 4.69) is 47.2 Å². The Morgan fingerprint density at radius 3 is 2.80 bits per heavy atom. The van der Waals surface area contributed by atoms with E-state index < -0.39 is 0 Å². The summed E-state index contributed by atoms with van der Waals surface area (Å²) in [6.07, 6.45) is 0. The Balaban J connectivity index is 1.87. The molecule has 0 saturated carbocycles. The monoisotopic (exact) mass is 338 g/mol. The molecule has 2 rings (SSSR count). The van der Waals surface area contributed by atoms with Crippen LogP contribution in [0.2, 0.25) is 0 Å². The largest absolute Gasteiger partial charge is 0.486 e. The predicted octanol–water partition coefficient (Wildman–Crippen LogP) is 3.90. The molecule has 0 spiro atoms. The van der Waals surface area contributed by atoms with Crippen LogP contribution < -0.4 is 10.1 Å². The van der Waals surface area contributed by atoms with Gasteiger partial charge in [0.05, 0.1) is 5.69 Å². The Bertz CT molecular complexity index is 561. The highest BCUT2D eigenvalue weighted by Crippen LogP contribution is 2.19. The molecule has 5 heteroatoms. The van der Waals surface area contributed by atoms with Gasteiger partial charge in [0.2, 0.25) is 0 Å². The van der Waals surface area contributed by atoms with Gasteiger partial charge in [-0.2, -0.15) is 0 Å². The fourth-order valence-corrected chi connectivity index (χ4v) is 1.95. The molecule has 1 aromatic carbocycles. The Morgan fingerprint density at radius 2 is 2.10 bits per heavy atom. The molecule has 0 amide bonds. The van der Waals surface area contributed by atoms with Crippen LogP contribution in [-0.4, -0.2) is 10.7 Å². The fraction of sp³-hybridized carbons (Fsp3) is 0.400. The number of aromatic nitrogens is 1. The number of hydrogen-bond donors (Lipinski definition) is 1. The first-order valence-corrected chi connectivity index (χ1v) is 7.29. The van der Waals surface area contributed by atoms with Crippen LogP contribution in [0.25, 0.3) is 0 Å². The number of ether oxygens (including phenoxy) is 1. The lowest BCUT2D eigenvalue weighted by molar-refractivity contribution is 0.248. The van der Waals surface area contributed by atoms with Crippen LogP contribution in [-0.2, 0) is 13.2 Å². The van der Waals surface area contributed by atoms with E-state index in [0.717, 1.165) is 21.7 Å². The van der Waals surface area contributed by atoms with E-state index >= 15 is 0 Å². The number of nitrogens with zero attached hydrogens (tertiary/aromatic N) is 1. The average Bonchev–Trinajstić information content (AvgIpc) is 2.81. The molecule has 0 aliphatic rings. The third-order valence-corrected chi connectivity index (χ3v) is 3.08. The molecular formula is C15H19BrN2O2. The number of nitrogens with one attached hydrogen (secondary N) is 1. The minimum atomic E-state index is 0.0614. The lowest BCUT2D eigenvalue weighted by atomic mass is 10.1. The SMILES string of the molecule is CC(C)(C)NCc1cc(COc2cccc(Br)c2)on1. The lowest BCUT2D eigenvalue weighted by Gasteiger charge is -2.19. The second-order valence-corrected chi connectivity index (χ2v) is 6.55. The molecule has 1 aromatic heterocycles. The van der Waals surface area contributed by atoms with Gasteiger partial charge in [0.25, 0.3) is 0 Å². The first-order valence-electron chi connectivity index (χ1n) is 6.50. The maximum Gasteiger partial charge on any atom is 0.174 e. The summed E-state index contributed by atoms with van der Waals surface area (Å²) in [4.78, 5) is 0. The number of hydrogen-bond acceptors (Lipinski definition) is 4. The topological polar surface area (TPSA) is 47.3 Å². The van der Waals surface area contributed by atoms with E-state index in [1.807, 2.05) is 30.3 Å². The minimum absolute atomic E-state index is 0.0614. The highest BCUT2D eigenvalue weighted by molar-refractivity contribution is 9.10. The second kappa shape index (κ2) is 6.41. The molecule has 4 nitrogen and oxygen atoms in total. The van der Waals surface area contributed by atoms with Gasteiger partial charge >= 0.3 is 0 Å². The molecule has 0 atom stereocenters. The van der Waals surface area contributed by atoms with Crippen molar-refractivity contribution in [2.45, 2.75) is 39.5 Å². The van der Waals surface area contributed by atoms with Crippen molar-refractivity contribution in [3.8, 4) is 5.75 Å². The van der Waals surface area contributed by atoms with Crippen LogP contribution in [0, 0.1) is 0 Å².